The Bertz CT molecular complexity index is 1130. The van der Waals surface area contributed by atoms with Crippen molar-refractivity contribution in [1.82, 2.24) is 4.57 Å². The summed E-state index contributed by atoms with van der Waals surface area (Å²) in [6, 6.07) is 17.5. The second-order valence-corrected chi connectivity index (χ2v) is 7.38. The van der Waals surface area contributed by atoms with E-state index in [1.54, 1.807) is 0 Å². The van der Waals surface area contributed by atoms with Crippen LogP contribution in [0.3, 0.4) is 0 Å². The fourth-order valence-corrected chi connectivity index (χ4v) is 5.37. The van der Waals surface area contributed by atoms with Gasteiger partial charge in [0.15, 0.2) is 0 Å². The highest BCUT2D eigenvalue weighted by molar-refractivity contribution is 7.21. The number of thiophene rings is 2. The number of fused-ring (bicyclic) bond motifs is 6. The summed E-state index contributed by atoms with van der Waals surface area (Å²) in [4.78, 5) is 0. The smallest absolute Gasteiger partial charge is 0.0670 e. The summed E-state index contributed by atoms with van der Waals surface area (Å²) in [6.45, 7) is 0. The number of rotatable bonds is 1. The Morgan fingerprint density at radius 1 is 0.773 bits per heavy atom. The van der Waals surface area contributed by atoms with E-state index in [2.05, 4.69) is 70.9 Å². The highest BCUT2D eigenvalue weighted by atomic mass is 32.1. The Labute approximate surface area is 136 Å². The van der Waals surface area contributed by atoms with Gasteiger partial charge in [-0.1, -0.05) is 30.3 Å². The zero-order valence-electron chi connectivity index (χ0n) is 12.0. The van der Waals surface area contributed by atoms with E-state index in [0.717, 1.165) is 0 Å². The van der Waals surface area contributed by atoms with Gasteiger partial charge in [-0.05, 0) is 34.5 Å². The van der Waals surface area contributed by atoms with E-state index < -0.39 is 0 Å². The van der Waals surface area contributed by atoms with Crippen LogP contribution in [0.5, 0.6) is 0 Å². The molecule has 0 bridgehead atoms. The largest absolute Gasteiger partial charge is 0.342 e. The first-order valence-corrected chi connectivity index (χ1v) is 9.02. The van der Waals surface area contributed by atoms with Crippen LogP contribution < -0.4 is 0 Å². The van der Waals surface area contributed by atoms with Gasteiger partial charge in [-0.3, -0.25) is 0 Å². The summed E-state index contributed by atoms with van der Waals surface area (Å²) in [5, 5.41) is 8.55. The minimum Gasteiger partial charge on any atom is -0.342 e. The quantitative estimate of drug-likeness (QED) is 0.343. The summed E-state index contributed by atoms with van der Waals surface area (Å²) in [5.41, 5.74) is 3.91. The van der Waals surface area contributed by atoms with Gasteiger partial charge in [0.1, 0.15) is 0 Å². The highest BCUT2D eigenvalue weighted by Gasteiger charge is 2.16. The zero-order chi connectivity index (χ0) is 14.7. The van der Waals surface area contributed by atoms with Crippen molar-refractivity contribution in [2.24, 2.45) is 7.05 Å². The first kappa shape index (κ1) is 12.4. The zero-order valence-corrected chi connectivity index (χ0v) is 13.7. The molecule has 0 saturated heterocycles. The van der Waals surface area contributed by atoms with Crippen LogP contribution in [-0.2, 0) is 7.05 Å². The van der Waals surface area contributed by atoms with Crippen molar-refractivity contribution in [1.29, 1.82) is 0 Å². The minimum absolute atomic E-state index is 1.27. The molecule has 0 aliphatic carbocycles. The van der Waals surface area contributed by atoms with Gasteiger partial charge in [0.25, 0.3) is 0 Å². The lowest BCUT2D eigenvalue weighted by atomic mass is 10.1. The monoisotopic (exact) mass is 319 g/mol. The van der Waals surface area contributed by atoms with Crippen molar-refractivity contribution < 1.29 is 0 Å². The normalized spacial score (nSPS) is 11.9. The number of aromatic nitrogens is 1. The highest BCUT2D eigenvalue weighted by Crippen LogP contribution is 2.42. The SMILES string of the molecule is Cn1c(-c2ccccc2)cc2c3ccsc3c3ccsc3c21. The van der Waals surface area contributed by atoms with Crippen LogP contribution in [-0.4, -0.2) is 4.57 Å². The molecular formula is C19H13NS2. The standard InChI is InChI=1S/C19H13NS2/c1-20-16(12-5-3-2-4-6-12)11-15-13-7-9-21-18(13)14-8-10-22-19(14)17(15)20/h2-11H,1H3. The van der Waals surface area contributed by atoms with E-state index >= 15 is 0 Å². The summed E-state index contributed by atoms with van der Waals surface area (Å²) in [5.74, 6) is 0. The number of hydrogen-bond donors (Lipinski definition) is 0. The second-order valence-electron chi connectivity index (χ2n) is 5.54. The second kappa shape index (κ2) is 4.45. The first-order valence-electron chi connectivity index (χ1n) is 7.26. The molecule has 5 rings (SSSR count). The molecule has 0 N–H and O–H groups in total. The topological polar surface area (TPSA) is 4.93 Å². The van der Waals surface area contributed by atoms with Gasteiger partial charge in [0.05, 0.1) is 10.2 Å². The maximum Gasteiger partial charge on any atom is 0.0670 e. The van der Waals surface area contributed by atoms with Crippen molar-refractivity contribution in [2.75, 3.05) is 0 Å². The van der Waals surface area contributed by atoms with E-state index in [-0.39, 0.29) is 0 Å². The van der Waals surface area contributed by atoms with E-state index in [9.17, 15) is 0 Å². The molecule has 0 unspecified atom stereocenters. The summed E-state index contributed by atoms with van der Waals surface area (Å²) < 4.78 is 5.16. The Kier molecular flexibility index (Phi) is 2.52. The average molecular weight is 319 g/mol. The van der Waals surface area contributed by atoms with Gasteiger partial charge < -0.3 is 4.57 Å². The van der Waals surface area contributed by atoms with Gasteiger partial charge in [-0.25, -0.2) is 0 Å². The summed E-state index contributed by atoms with van der Waals surface area (Å²) >= 11 is 3.69. The van der Waals surface area contributed by atoms with E-state index in [1.165, 1.54) is 42.3 Å². The summed E-state index contributed by atoms with van der Waals surface area (Å²) in [7, 11) is 2.18. The molecule has 0 amide bonds. The van der Waals surface area contributed by atoms with Gasteiger partial charge >= 0.3 is 0 Å². The Morgan fingerprint density at radius 2 is 1.50 bits per heavy atom. The van der Waals surface area contributed by atoms with E-state index in [4.69, 9.17) is 0 Å². The van der Waals surface area contributed by atoms with Crippen LogP contribution in [0.4, 0.5) is 0 Å². The van der Waals surface area contributed by atoms with Crippen molar-refractivity contribution in [2.45, 2.75) is 0 Å². The number of nitrogens with zero attached hydrogens (tertiary/aromatic N) is 1. The molecule has 0 saturated carbocycles. The molecule has 106 valence electrons. The fraction of sp³-hybridized carbons (Fsp3) is 0.0526. The van der Waals surface area contributed by atoms with Crippen LogP contribution >= 0.6 is 22.7 Å². The van der Waals surface area contributed by atoms with Crippen LogP contribution in [0.15, 0.2) is 59.3 Å². The molecule has 0 fully saturated rings. The fourth-order valence-electron chi connectivity index (χ4n) is 3.37. The van der Waals surface area contributed by atoms with Crippen molar-refractivity contribution in [3.63, 3.8) is 0 Å². The Hall–Kier alpha value is -2.10. The predicted molar refractivity (Wildman–Crippen MR) is 99.1 cm³/mol. The maximum absolute atomic E-state index is 2.35. The van der Waals surface area contributed by atoms with Crippen molar-refractivity contribution in [3.8, 4) is 11.3 Å². The van der Waals surface area contributed by atoms with Gasteiger partial charge in [-0.15, -0.1) is 22.7 Å². The molecule has 0 aliphatic heterocycles. The molecule has 0 aliphatic rings. The minimum atomic E-state index is 1.27. The van der Waals surface area contributed by atoms with E-state index in [0.29, 0.717) is 0 Å². The Morgan fingerprint density at radius 3 is 2.32 bits per heavy atom. The lowest BCUT2D eigenvalue weighted by molar-refractivity contribution is 0.983. The molecule has 0 spiro atoms. The van der Waals surface area contributed by atoms with Gasteiger partial charge in [0, 0.05) is 33.6 Å². The molecule has 2 aromatic carbocycles. The van der Waals surface area contributed by atoms with Crippen LogP contribution in [0.25, 0.3) is 42.3 Å². The molecule has 3 heteroatoms. The van der Waals surface area contributed by atoms with Gasteiger partial charge in [0.2, 0.25) is 0 Å². The maximum atomic E-state index is 2.35. The van der Waals surface area contributed by atoms with Gasteiger partial charge in [-0.2, -0.15) is 0 Å². The third kappa shape index (κ3) is 1.52. The molecule has 5 aromatic rings. The molecular weight excluding hydrogens is 306 g/mol. The lowest BCUT2D eigenvalue weighted by Crippen LogP contribution is -1.90. The predicted octanol–water partition coefficient (Wildman–Crippen LogP) is 6.27. The van der Waals surface area contributed by atoms with Crippen LogP contribution in [0.2, 0.25) is 0 Å². The van der Waals surface area contributed by atoms with Crippen molar-refractivity contribution >= 4 is 53.7 Å². The van der Waals surface area contributed by atoms with Crippen LogP contribution in [0, 0.1) is 0 Å². The lowest BCUT2D eigenvalue weighted by Gasteiger charge is -2.05. The third-order valence-electron chi connectivity index (χ3n) is 4.38. The molecule has 3 heterocycles. The first-order chi connectivity index (χ1) is 10.8. The molecule has 0 radical (unpaired) electrons. The molecule has 0 atom stereocenters. The summed E-state index contributed by atoms with van der Waals surface area (Å²) in [6.07, 6.45) is 0. The Balaban J connectivity index is 2.03. The molecule has 22 heavy (non-hydrogen) atoms. The number of aryl methyl sites for hydroxylation is 1. The third-order valence-corrected chi connectivity index (χ3v) is 6.25. The van der Waals surface area contributed by atoms with Crippen LogP contribution in [0.1, 0.15) is 0 Å². The number of hydrogen-bond acceptors (Lipinski definition) is 2. The number of benzene rings is 2. The van der Waals surface area contributed by atoms with Crippen molar-refractivity contribution in [3.05, 3.63) is 59.3 Å². The van der Waals surface area contributed by atoms with E-state index in [1.807, 2.05) is 22.7 Å². The molecule has 1 nitrogen and oxygen atoms in total. The molecule has 3 aromatic heterocycles. The average Bonchev–Trinajstić information content (AvgIpc) is 3.24.